The smallest absolute Gasteiger partial charge is 0.123 e. The first-order chi connectivity index (χ1) is 7.08. The molecule has 0 saturated heterocycles. The van der Waals surface area contributed by atoms with Crippen molar-refractivity contribution < 1.29 is 0 Å². The van der Waals surface area contributed by atoms with Crippen molar-refractivity contribution in [2.75, 3.05) is 26.4 Å². The van der Waals surface area contributed by atoms with Gasteiger partial charge >= 0.3 is 0 Å². The summed E-state index contributed by atoms with van der Waals surface area (Å²) in [5, 5.41) is 0. The third kappa shape index (κ3) is 4.79. The van der Waals surface area contributed by atoms with E-state index in [1.54, 1.807) is 0 Å². The van der Waals surface area contributed by atoms with E-state index in [1.807, 2.05) is 6.07 Å². The van der Waals surface area contributed by atoms with Gasteiger partial charge < -0.3 is 10.6 Å². The fourth-order valence-corrected chi connectivity index (χ4v) is 1.63. The van der Waals surface area contributed by atoms with Crippen LogP contribution < -0.4 is 5.73 Å². The molecule has 0 aliphatic carbocycles. The summed E-state index contributed by atoms with van der Waals surface area (Å²) in [5.74, 6) is 0.637. The molecule has 1 aromatic rings. The number of nitrogens with two attached hydrogens (primary N) is 1. The van der Waals surface area contributed by atoms with Gasteiger partial charge in [-0.25, -0.2) is 4.98 Å². The molecule has 0 amide bonds. The standard InChI is InChI=1S/C12H21N3/c1-10-8-11(14-12(13)9-10)6-4-5-7-15(2)3/h8-9H,4-7H2,1-3H3,(H2,13,14). The highest BCUT2D eigenvalue weighted by Crippen LogP contribution is 2.09. The molecule has 3 nitrogen and oxygen atoms in total. The van der Waals surface area contributed by atoms with Gasteiger partial charge in [0.2, 0.25) is 0 Å². The number of hydrogen-bond acceptors (Lipinski definition) is 3. The highest BCUT2D eigenvalue weighted by Gasteiger charge is 1.98. The number of aryl methyl sites for hydroxylation is 2. The highest BCUT2D eigenvalue weighted by atomic mass is 15.0. The van der Waals surface area contributed by atoms with E-state index in [1.165, 1.54) is 18.4 Å². The monoisotopic (exact) mass is 207 g/mol. The van der Waals surface area contributed by atoms with Crippen LogP contribution in [0.3, 0.4) is 0 Å². The second-order valence-corrected chi connectivity index (χ2v) is 4.32. The third-order valence-corrected chi connectivity index (χ3v) is 2.33. The van der Waals surface area contributed by atoms with Crippen LogP contribution in [0.15, 0.2) is 12.1 Å². The summed E-state index contributed by atoms with van der Waals surface area (Å²) in [6.07, 6.45) is 3.41. The maximum Gasteiger partial charge on any atom is 0.123 e. The lowest BCUT2D eigenvalue weighted by Gasteiger charge is -2.08. The van der Waals surface area contributed by atoms with Gasteiger partial charge in [-0.15, -0.1) is 0 Å². The normalized spacial score (nSPS) is 10.9. The van der Waals surface area contributed by atoms with Gasteiger partial charge in [0, 0.05) is 5.69 Å². The van der Waals surface area contributed by atoms with E-state index in [9.17, 15) is 0 Å². The minimum atomic E-state index is 0.637. The first kappa shape index (κ1) is 12.0. The Kier molecular flexibility index (Phi) is 4.56. The summed E-state index contributed by atoms with van der Waals surface area (Å²) in [6, 6.07) is 4.02. The topological polar surface area (TPSA) is 42.1 Å². The zero-order valence-electron chi connectivity index (χ0n) is 9.95. The molecular weight excluding hydrogens is 186 g/mol. The lowest BCUT2D eigenvalue weighted by atomic mass is 10.1. The maximum atomic E-state index is 5.69. The van der Waals surface area contributed by atoms with Crippen molar-refractivity contribution in [3.63, 3.8) is 0 Å². The van der Waals surface area contributed by atoms with E-state index in [0.29, 0.717) is 5.82 Å². The van der Waals surface area contributed by atoms with Crippen molar-refractivity contribution in [3.05, 3.63) is 23.4 Å². The molecule has 0 bridgehead atoms. The molecule has 84 valence electrons. The largest absolute Gasteiger partial charge is 0.384 e. The summed E-state index contributed by atoms with van der Waals surface area (Å²) < 4.78 is 0. The van der Waals surface area contributed by atoms with Crippen LogP contribution >= 0.6 is 0 Å². The van der Waals surface area contributed by atoms with E-state index < -0.39 is 0 Å². The summed E-state index contributed by atoms with van der Waals surface area (Å²) in [4.78, 5) is 6.52. The zero-order valence-corrected chi connectivity index (χ0v) is 9.95. The van der Waals surface area contributed by atoms with Crippen molar-refractivity contribution in [1.82, 2.24) is 9.88 Å². The SMILES string of the molecule is Cc1cc(N)nc(CCCCN(C)C)c1. The van der Waals surface area contributed by atoms with Gasteiger partial charge in [0.05, 0.1) is 0 Å². The molecule has 0 aliphatic heterocycles. The Morgan fingerprint density at radius 2 is 2.00 bits per heavy atom. The fourth-order valence-electron chi connectivity index (χ4n) is 1.63. The minimum Gasteiger partial charge on any atom is -0.384 e. The molecule has 0 fully saturated rings. The van der Waals surface area contributed by atoms with Crippen molar-refractivity contribution in [1.29, 1.82) is 0 Å². The molecule has 0 spiro atoms. The van der Waals surface area contributed by atoms with E-state index in [-0.39, 0.29) is 0 Å². The highest BCUT2D eigenvalue weighted by molar-refractivity contribution is 5.34. The lowest BCUT2D eigenvalue weighted by molar-refractivity contribution is 0.394. The summed E-state index contributed by atoms with van der Waals surface area (Å²) in [5.41, 5.74) is 8.01. The van der Waals surface area contributed by atoms with E-state index >= 15 is 0 Å². The van der Waals surface area contributed by atoms with Crippen LogP contribution in [0.1, 0.15) is 24.1 Å². The van der Waals surface area contributed by atoms with Crippen molar-refractivity contribution in [2.45, 2.75) is 26.2 Å². The van der Waals surface area contributed by atoms with Gasteiger partial charge in [-0.1, -0.05) is 0 Å². The molecule has 3 heteroatoms. The fraction of sp³-hybridized carbons (Fsp3) is 0.583. The van der Waals surface area contributed by atoms with E-state index in [2.05, 4.69) is 37.0 Å². The van der Waals surface area contributed by atoms with Crippen LogP contribution in [-0.4, -0.2) is 30.5 Å². The van der Waals surface area contributed by atoms with Gasteiger partial charge in [-0.05, 0) is 64.5 Å². The molecular formula is C12H21N3. The summed E-state index contributed by atoms with van der Waals surface area (Å²) in [6.45, 7) is 3.20. The van der Waals surface area contributed by atoms with Crippen molar-refractivity contribution in [2.24, 2.45) is 0 Å². The first-order valence-corrected chi connectivity index (χ1v) is 5.45. The van der Waals surface area contributed by atoms with Crippen LogP contribution in [0, 0.1) is 6.92 Å². The molecule has 0 atom stereocenters. The predicted octanol–water partition coefficient (Wildman–Crippen LogP) is 1.86. The van der Waals surface area contributed by atoms with Crippen molar-refractivity contribution in [3.8, 4) is 0 Å². The Balaban J connectivity index is 2.37. The van der Waals surface area contributed by atoms with Gasteiger partial charge in [-0.3, -0.25) is 0 Å². The molecule has 0 unspecified atom stereocenters. The zero-order chi connectivity index (χ0) is 11.3. The van der Waals surface area contributed by atoms with Crippen LogP contribution in [0.25, 0.3) is 0 Å². The number of anilines is 1. The Bertz CT molecular complexity index is 287. The van der Waals surface area contributed by atoms with Crippen LogP contribution in [0.2, 0.25) is 0 Å². The second kappa shape index (κ2) is 5.71. The molecule has 0 aromatic carbocycles. The number of unbranched alkanes of at least 4 members (excludes halogenated alkanes) is 1. The molecule has 0 saturated carbocycles. The molecule has 15 heavy (non-hydrogen) atoms. The summed E-state index contributed by atoms with van der Waals surface area (Å²) >= 11 is 0. The number of nitrogen functional groups attached to an aromatic ring is 1. The number of rotatable bonds is 5. The third-order valence-electron chi connectivity index (χ3n) is 2.33. The average Bonchev–Trinajstić information content (AvgIpc) is 2.10. The van der Waals surface area contributed by atoms with Crippen LogP contribution in [0.5, 0.6) is 0 Å². The molecule has 0 radical (unpaired) electrons. The molecule has 2 N–H and O–H groups in total. The Morgan fingerprint density at radius 3 is 2.60 bits per heavy atom. The number of aromatic nitrogens is 1. The molecule has 1 aromatic heterocycles. The van der Waals surface area contributed by atoms with Crippen LogP contribution in [-0.2, 0) is 6.42 Å². The second-order valence-electron chi connectivity index (χ2n) is 4.32. The molecule has 1 heterocycles. The Hall–Kier alpha value is -1.09. The van der Waals surface area contributed by atoms with Crippen molar-refractivity contribution >= 4 is 5.82 Å². The van der Waals surface area contributed by atoms with Crippen LogP contribution in [0.4, 0.5) is 5.82 Å². The number of pyridine rings is 1. The van der Waals surface area contributed by atoms with E-state index in [0.717, 1.165) is 18.7 Å². The number of hydrogen-bond donors (Lipinski definition) is 1. The maximum absolute atomic E-state index is 5.69. The van der Waals surface area contributed by atoms with Gasteiger partial charge in [0.15, 0.2) is 0 Å². The minimum absolute atomic E-state index is 0.637. The lowest BCUT2D eigenvalue weighted by Crippen LogP contribution is -2.13. The first-order valence-electron chi connectivity index (χ1n) is 5.45. The predicted molar refractivity (Wildman–Crippen MR) is 64.9 cm³/mol. The number of nitrogens with zero attached hydrogens (tertiary/aromatic N) is 2. The Labute approximate surface area is 92.3 Å². The van der Waals surface area contributed by atoms with Gasteiger partial charge in [0.25, 0.3) is 0 Å². The van der Waals surface area contributed by atoms with E-state index in [4.69, 9.17) is 5.73 Å². The van der Waals surface area contributed by atoms with Gasteiger partial charge in [-0.2, -0.15) is 0 Å². The Morgan fingerprint density at radius 1 is 1.27 bits per heavy atom. The summed E-state index contributed by atoms with van der Waals surface area (Å²) in [7, 11) is 4.20. The quantitative estimate of drug-likeness (QED) is 0.749. The molecule has 1 rings (SSSR count). The molecule has 0 aliphatic rings. The van der Waals surface area contributed by atoms with Gasteiger partial charge in [0.1, 0.15) is 5.82 Å². The average molecular weight is 207 g/mol.